The minimum Gasteiger partial charge on any atom is -0.464 e. The average Bonchev–Trinajstić information content (AvgIpc) is 3.21. The molecule has 3 rings (SSSR count). The molecule has 2 heterocycles. The minimum atomic E-state index is -0.553. The number of carbonyl (C=O) groups is 2. The summed E-state index contributed by atoms with van der Waals surface area (Å²) in [4.78, 5) is 27.1. The standard InChI is InChI=1S/C17H13ClN2O4/c1-9-14(15(20-24-9)11-5-3-4-6-12(11)18)16(21)10-7-13(19-8-10)17(22)23-2/h3-8,19H,1-2H3. The first kappa shape index (κ1) is 16.0. The number of aromatic amines is 1. The Bertz CT molecular complexity index is 926. The molecule has 0 atom stereocenters. The van der Waals surface area contributed by atoms with Crippen LogP contribution in [0.25, 0.3) is 11.3 Å². The third kappa shape index (κ3) is 2.72. The number of ether oxygens (including phenoxy) is 1. The van der Waals surface area contributed by atoms with E-state index in [0.29, 0.717) is 33.2 Å². The Kier molecular flexibility index (Phi) is 4.22. The topological polar surface area (TPSA) is 85.2 Å². The second-order valence-corrected chi connectivity index (χ2v) is 5.47. The van der Waals surface area contributed by atoms with Crippen LogP contribution in [0.2, 0.25) is 5.02 Å². The molecular formula is C17H13ClN2O4. The number of rotatable bonds is 4. The molecular weight excluding hydrogens is 332 g/mol. The van der Waals surface area contributed by atoms with Gasteiger partial charge in [0.15, 0.2) is 5.78 Å². The smallest absolute Gasteiger partial charge is 0.354 e. The van der Waals surface area contributed by atoms with Gasteiger partial charge in [0, 0.05) is 17.3 Å². The number of hydrogen-bond donors (Lipinski definition) is 1. The van der Waals surface area contributed by atoms with Crippen molar-refractivity contribution in [1.82, 2.24) is 10.1 Å². The van der Waals surface area contributed by atoms with Crippen LogP contribution >= 0.6 is 11.6 Å². The van der Waals surface area contributed by atoms with E-state index in [2.05, 4.69) is 14.9 Å². The average molecular weight is 345 g/mol. The maximum absolute atomic E-state index is 12.8. The molecule has 3 aromatic rings. The number of aryl methyl sites for hydroxylation is 1. The number of nitrogens with one attached hydrogen (secondary N) is 1. The summed E-state index contributed by atoms with van der Waals surface area (Å²) < 4.78 is 9.81. The Morgan fingerprint density at radius 2 is 2.04 bits per heavy atom. The molecule has 7 heteroatoms. The van der Waals surface area contributed by atoms with Crippen molar-refractivity contribution in [1.29, 1.82) is 0 Å². The van der Waals surface area contributed by atoms with Crippen molar-refractivity contribution >= 4 is 23.4 Å². The van der Waals surface area contributed by atoms with E-state index in [0.717, 1.165) is 0 Å². The molecule has 0 aliphatic rings. The van der Waals surface area contributed by atoms with Crippen LogP contribution in [0.15, 0.2) is 41.1 Å². The van der Waals surface area contributed by atoms with Gasteiger partial charge in [0.2, 0.25) is 0 Å². The molecule has 0 fully saturated rings. The number of benzene rings is 1. The van der Waals surface area contributed by atoms with E-state index in [-0.39, 0.29) is 11.5 Å². The first-order valence-corrected chi connectivity index (χ1v) is 7.43. The minimum absolute atomic E-state index is 0.189. The number of aromatic nitrogens is 2. The molecule has 2 aromatic heterocycles. The quantitative estimate of drug-likeness (QED) is 0.576. The number of carbonyl (C=O) groups excluding carboxylic acids is 2. The fourth-order valence-corrected chi connectivity index (χ4v) is 2.60. The Labute approximate surface area is 142 Å². The lowest BCUT2D eigenvalue weighted by Gasteiger charge is -2.03. The largest absolute Gasteiger partial charge is 0.464 e. The van der Waals surface area contributed by atoms with Gasteiger partial charge >= 0.3 is 5.97 Å². The van der Waals surface area contributed by atoms with E-state index in [1.54, 1.807) is 31.2 Å². The summed E-state index contributed by atoms with van der Waals surface area (Å²) in [6.45, 7) is 1.65. The lowest BCUT2D eigenvalue weighted by Crippen LogP contribution is -2.03. The zero-order chi connectivity index (χ0) is 17.3. The van der Waals surface area contributed by atoms with E-state index in [4.69, 9.17) is 16.1 Å². The van der Waals surface area contributed by atoms with Crippen molar-refractivity contribution in [3.05, 3.63) is 64.1 Å². The molecule has 6 nitrogen and oxygen atoms in total. The van der Waals surface area contributed by atoms with Crippen molar-refractivity contribution in [2.75, 3.05) is 7.11 Å². The van der Waals surface area contributed by atoms with Gasteiger partial charge in [-0.1, -0.05) is 35.0 Å². The molecule has 1 N–H and O–H groups in total. The number of ketones is 1. The fraction of sp³-hybridized carbons (Fsp3) is 0.118. The molecule has 0 aliphatic heterocycles. The zero-order valence-electron chi connectivity index (χ0n) is 12.9. The van der Waals surface area contributed by atoms with Crippen LogP contribution in [-0.4, -0.2) is 29.0 Å². The highest BCUT2D eigenvalue weighted by molar-refractivity contribution is 6.33. The third-order valence-electron chi connectivity index (χ3n) is 3.57. The van der Waals surface area contributed by atoms with E-state index in [1.165, 1.54) is 19.4 Å². The number of halogens is 1. The molecule has 0 radical (unpaired) electrons. The van der Waals surface area contributed by atoms with Crippen LogP contribution in [0, 0.1) is 6.92 Å². The van der Waals surface area contributed by atoms with Gasteiger partial charge in [-0.05, 0) is 19.1 Å². The number of H-pyrrole nitrogens is 1. The van der Waals surface area contributed by atoms with Gasteiger partial charge in [-0.15, -0.1) is 0 Å². The van der Waals surface area contributed by atoms with Gasteiger partial charge in [-0.2, -0.15) is 0 Å². The van der Waals surface area contributed by atoms with Crippen LogP contribution < -0.4 is 0 Å². The third-order valence-corrected chi connectivity index (χ3v) is 3.90. The predicted molar refractivity (Wildman–Crippen MR) is 87.3 cm³/mol. The summed E-state index contributed by atoms with van der Waals surface area (Å²) in [7, 11) is 1.27. The maximum Gasteiger partial charge on any atom is 0.354 e. The van der Waals surface area contributed by atoms with Crippen molar-refractivity contribution in [3.8, 4) is 11.3 Å². The number of hydrogen-bond acceptors (Lipinski definition) is 5. The van der Waals surface area contributed by atoms with Crippen LogP contribution in [0.1, 0.15) is 32.2 Å². The van der Waals surface area contributed by atoms with Crippen molar-refractivity contribution in [2.24, 2.45) is 0 Å². The Balaban J connectivity index is 2.05. The van der Waals surface area contributed by atoms with Gasteiger partial charge in [-0.25, -0.2) is 4.79 Å². The van der Waals surface area contributed by atoms with E-state index >= 15 is 0 Å². The first-order chi connectivity index (χ1) is 11.5. The number of methoxy groups -OCH3 is 1. The molecule has 0 bridgehead atoms. The normalized spacial score (nSPS) is 10.6. The van der Waals surface area contributed by atoms with Crippen LogP contribution in [0.4, 0.5) is 0 Å². The molecule has 0 spiro atoms. The highest BCUT2D eigenvalue weighted by atomic mass is 35.5. The lowest BCUT2D eigenvalue weighted by molar-refractivity contribution is 0.0595. The maximum atomic E-state index is 12.8. The molecule has 0 aliphatic carbocycles. The molecule has 1 aromatic carbocycles. The van der Waals surface area contributed by atoms with Crippen LogP contribution in [0.3, 0.4) is 0 Å². The van der Waals surface area contributed by atoms with E-state index in [9.17, 15) is 9.59 Å². The summed E-state index contributed by atoms with van der Waals surface area (Å²) in [6.07, 6.45) is 1.44. The van der Waals surface area contributed by atoms with Gasteiger partial charge in [0.25, 0.3) is 0 Å². The first-order valence-electron chi connectivity index (χ1n) is 7.05. The summed E-state index contributed by atoms with van der Waals surface area (Å²) in [5.74, 6) is -0.506. The summed E-state index contributed by atoms with van der Waals surface area (Å²) in [5.41, 5.74) is 1.76. The summed E-state index contributed by atoms with van der Waals surface area (Å²) in [6, 6.07) is 8.48. The Morgan fingerprint density at radius 3 is 2.75 bits per heavy atom. The van der Waals surface area contributed by atoms with Crippen molar-refractivity contribution in [2.45, 2.75) is 6.92 Å². The highest BCUT2D eigenvalue weighted by Crippen LogP contribution is 2.32. The predicted octanol–water partition coefficient (Wildman–Crippen LogP) is 3.65. The SMILES string of the molecule is COC(=O)c1cc(C(=O)c2c(-c3ccccc3Cl)noc2C)c[nH]1. The second-order valence-electron chi connectivity index (χ2n) is 5.06. The molecule has 0 amide bonds. The number of esters is 1. The van der Waals surface area contributed by atoms with Crippen molar-refractivity contribution < 1.29 is 18.8 Å². The van der Waals surface area contributed by atoms with Gasteiger partial charge in [0.05, 0.1) is 17.7 Å². The highest BCUT2D eigenvalue weighted by Gasteiger charge is 2.25. The Morgan fingerprint density at radius 1 is 1.29 bits per heavy atom. The van der Waals surface area contributed by atoms with Gasteiger partial charge < -0.3 is 14.2 Å². The molecule has 0 saturated heterocycles. The summed E-state index contributed by atoms with van der Waals surface area (Å²) >= 11 is 6.19. The van der Waals surface area contributed by atoms with E-state index in [1.807, 2.05) is 0 Å². The molecule has 0 saturated carbocycles. The van der Waals surface area contributed by atoms with Crippen LogP contribution in [0.5, 0.6) is 0 Å². The van der Waals surface area contributed by atoms with Crippen LogP contribution in [-0.2, 0) is 4.74 Å². The lowest BCUT2D eigenvalue weighted by atomic mass is 9.99. The zero-order valence-corrected chi connectivity index (χ0v) is 13.7. The summed E-state index contributed by atoms with van der Waals surface area (Å²) in [5, 5.41) is 4.43. The van der Waals surface area contributed by atoms with Gasteiger partial charge in [-0.3, -0.25) is 4.79 Å². The van der Waals surface area contributed by atoms with Crippen molar-refractivity contribution in [3.63, 3.8) is 0 Å². The number of nitrogens with zero attached hydrogens (tertiary/aromatic N) is 1. The monoisotopic (exact) mass is 344 g/mol. The molecule has 122 valence electrons. The second kappa shape index (κ2) is 6.33. The molecule has 24 heavy (non-hydrogen) atoms. The van der Waals surface area contributed by atoms with Gasteiger partial charge in [0.1, 0.15) is 17.1 Å². The molecule has 0 unspecified atom stereocenters. The van der Waals surface area contributed by atoms with E-state index < -0.39 is 5.97 Å². The Hall–Kier alpha value is -2.86. The fourth-order valence-electron chi connectivity index (χ4n) is 2.37.